The molecule has 0 amide bonds. The zero-order chi connectivity index (χ0) is 24.1. The van der Waals surface area contributed by atoms with Crippen LogP contribution in [-0.4, -0.2) is 66.7 Å². The molecule has 2 aromatic rings. The van der Waals surface area contributed by atoms with Crippen molar-refractivity contribution in [3.8, 4) is 6.07 Å². The SMILES string of the molecule is N#Cc1cnc(C(=O)Cc2ccc(C3(CN4CCOCC4)CCOCC3)cc2C2=CCCCC2)[nH]1. The summed E-state index contributed by atoms with van der Waals surface area (Å²) < 4.78 is 11.4. The summed E-state index contributed by atoms with van der Waals surface area (Å²) in [6, 6.07) is 8.77. The Morgan fingerprint density at radius 2 is 1.94 bits per heavy atom. The molecule has 7 nitrogen and oxygen atoms in total. The molecule has 1 aliphatic carbocycles. The van der Waals surface area contributed by atoms with Crippen LogP contribution in [0.5, 0.6) is 0 Å². The molecule has 2 saturated heterocycles. The van der Waals surface area contributed by atoms with E-state index >= 15 is 0 Å². The van der Waals surface area contributed by atoms with Gasteiger partial charge in [0.1, 0.15) is 11.8 Å². The number of carbonyl (C=O) groups excluding carboxylic acids is 1. The van der Waals surface area contributed by atoms with Gasteiger partial charge >= 0.3 is 0 Å². The fourth-order valence-electron chi connectivity index (χ4n) is 5.71. The number of aromatic nitrogens is 2. The number of rotatable bonds is 7. The molecule has 35 heavy (non-hydrogen) atoms. The molecule has 0 spiro atoms. The third-order valence-corrected chi connectivity index (χ3v) is 7.75. The van der Waals surface area contributed by atoms with E-state index in [0.717, 1.165) is 77.3 Å². The molecule has 5 rings (SSSR count). The van der Waals surface area contributed by atoms with E-state index in [2.05, 4.69) is 39.1 Å². The number of nitriles is 1. The number of imidazole rings is 1. The maximum absolute atomic E-state index is 13.0. The quantitative estimate of drug-likeness (QED) is 0.609. The van der Waals surface area contributed by atoms with Crippen molar-refractivity contribution >= 4 is 11.4 Å². The molecule has 2 aliphatic heterocycles. The Hall–Kier alpha value is -2.79. The number of hydrogen-bond donors (Lipinski definition) is 1. The number of ether oxygens (including phenoxy) is 2. The lowest BCUT2D eigenvalue weighted by atomic mass is 9.72. The minimum atomic E-state index is -0.0917. The Kier molecular flexibility index (Phi) is 7.43. The van der Waals surface area contributed by atoms with E-state index in [1.165, 1.54) is 35.7 Å². The van der Waals surface area contributed by atoms with Crippen LogP contribution >= 0.6 is 0 Å². The first-order valence-electron chi connectivity index (χ1n) is 12.9. The average Bonchev–Trinajstić information content (AvgIpc) is 3.40. The number of ketones is 1. The molecule has 0 atom stereocenters. The summed E-state index contributed by atoms with van der Waals surface area (Å²) in [6.07, 6.45) is 10.6. The molecule has 1 aromatic carbocycles. The fraction of sp³-hybridized carbons (Fsp3) is 0.536. The number of H-pyrrole nitrogens is 1. The first-order valence-corrected chi connectivity index (χ1v) is 12.9. The number of nitrogens with zero attached hydrogens (tertiary/aromatic N) is 3. The van der Waals surface area contributed by atoms with Gasteiger partial charge in [-0.05, 0) is 60.8 Å². The summed E-state index contributed by atoms with van der Waals surface area (Å²) in [4.78, 5) is 22.5. The Morgan fingerprint density at radius 3 is 2.66 bits per heavy atom. The van der Waals surface area contributed by atoms with Crippen molar-refractivity contribution in [2.75, 3.05) is 46.1 Å². The second kappa shape index (κ2) is 10.9. The highest BCUT2D eigenvalue weighted by molar-refractivity contribution is 5.95. The lowest BCUT2D eigenvalue weighted by molar-refractivity contribution is -0.00119. The smallest absolute Gasteiger partial charge is 0.202 e. The largest absolute Gasteiger partial charge is 0.381 e. The van der Waals surface area contributed by atoms with Crippen LogP contribution in [0.1, 0.15) is 71.5 Å². The molecule has 0 radical (unpaired) electrons. The summed E-state index contributed by atoms with van der Waals surface area (Å²) in [6.45, 7) is 6.12. The Morgan fingerprint density at radius 1 is 1.14 bits per heavy atom. The van der Waals surface area contributed by atoms with Crippen LogP contribution < -0.4 is 0 Å². The van der Waals surface area contributed by atoms with Crippen molar-refractivity contribution in [1.82, 2.24) is 14.9 Å². The van der Waals surface area contributed by atoms with Gasteiger partial charge in [0.05, 0.1) is 19.4 Å². The van der Waals surface area contributed by atoms with Crippen LogP contribution in [0, 0.1) is 11.3 Å². The van der Waals surface area contributed by atoms with E-state index in [-0.39, 0.29) is 23.4 Å². The average molecular weight is 475 g/mol. The molecular weight excluding hydrogens is 440 g/mol. The molecule has 3 aliphatic rings. The number of allylic oxidation sites excluding steroid dienone is 2. The van der Waals surface area contributed by atoms with Gasteiger partial charge in [0.25, 0.3) is 0 Å². The summed E-state index contributed by atoms with van der Waals surface area (Å²) >= 11 is 0. The minimum Gasteiger partial charge on any atom is -0.381 e. The second-order valence-electron chi connectivity index (χ2n) is 9.99. The number of Topliss-reactive ketones (excluding diaryl/α,β-unsaturated/α-hetero) is 1. The molecule has 1 N–H and O–H groups in total. The van der Waals surface area contributed by atoms with Crippen molar-refractivity contribution in [1.29, 1.82) is 5.26 Å². The minimum absolute atomic E-state index is 0.0464. The van der Waals surface area contributed by atoms with Crippen LogP contribution in [0.4, 0.5) is 0 Å². The van der Waals surface area contributed by atoms with Gasteiger partial charge in [-0.25, -0.2) is 4.98 Å². The van der Waals surface area contributed by atoms with Gasteiger partial charge in [-0.1, -0.05) is 24.3 Å². The predicted octanol–water partition coefficient (Wildman–Crippen LogP) is 4.04. The maximum atomic E-state index is 13.0. The van der Waals surface area contributed by atoms with Crippen molar-refractivity contribution in [2.24, 2.45) is 0 Å². The topological polar surface area (TPSA) is 91.2 Å². The molecule has 0 saturated carbocycles. The number of nitrogens with one attached hydrogen (secondary N) is 1. The van der Waals surface area contributed by atoms with Crippen molar-refractivity contribution in [2.45, 2.75) is 50.4 Å². The van der Waals surface area contributed by atoms with E-state index in [4.69, 9.17) is 14.7 Å². The van der Waals surface area contributed by atoms with Crippen LogP contribution in [0.2, 0.25) is 0 Å². The molecule has 1 aromatic heterocycles. The third-order valence-electron chi connectivity index (χ3n) is 7.75. The normalized spacial score (nSPS) is 20.7. The van der Waals surface area contributed by atoms with E-state index in [0.29, 0.717) is 5.69 Å². The van der Waals surface area contributed by atoms with Crippen molar-refractivity contribution < 1.29 is 14.3 Å². The zero-order valence-electron chi connectivity index (χ0n) is 20.4. The van der Waals surface area contributed by atoms with Crippen molar-refractivity contribution in [3.05, 3.63) is 58.7 Å². The Bertz CT molecular complexity index is 1120. The number of morpholine rings is 1. The van der Waals surface area contributed by atoms with E-state index in [9.17, 15) is 4.79 Å². The number of aromatic amines is 1. The predicted molar refractivity (Wildman–Crippen MR) is 133 cm³/mol. The highest BCUT2D eigenvalue weighted by Crippen LogP contribution is 2.39. The lowest BCUT2D eigenvalue weighted by Crippen LogP contribution is -2.48. The third kappa shape index (κ3) is 5.40. The Balaban J connectivity index is 1.48. The van der Waals surface area contributed by atoms with Crippen LogP contribution in [0.15, 0.2) is 30.5 Å². The number of carbonyl (C=O) groups is 1. The summed E-state index contributed by atoms with van der Waals surface area (Å²) in [5.41, 5.74) is 5.31. The van der Waals surface area contributed by atoms with Gasteiger partial charge in [-0.3, -0.25) is 9.69 Å². The first-order chi connectivity index (χ1) is 17.2. The standard InChI is InChI=1S/C28H34N4O3/c29-18-24-19-30-27(31-24)26(33)16-22-6-7-23(17-25(22)21-4-2-1-3-5-21)28(8-12-34-13-9-28)20-32-10-14-35-15-11-32/h4,6-7,17,19H,1-3,5,8-16,20H2,(H,30,31). The molecule has 0 unspecified atom stereocenters. The van der Waals surface area contributed by atoms with E-state index in [1.54, 1.807) is 0 Å². The molecule has 184 valence electrons. The highest BCUT2D eigenvalue weighted by Gasteiger charge is 2.37. The molecule has 3 heterocycles. The van der Waals surface area contributed by atoms with E-state index < -0.39 is 0 Å². The number of hydrogen-bond acceptors (Lipinski definition) is 6. The van der Waals surface area contributed by atoms with Gasteiger partial charge in [0, 0.05) is 44.7 Å². The van der Waals surface area contributed by atoms with Gasteiger partial charge in [-0.2, -0.15) is 5.26 Å². The summed E-state index contributed by atoms with van der Waals surface area (Å²) in [5, 5.41) is 9.07. The Labute approximate surface area is 207 Å². The summed E-state index contributed by atoms with van der Waals surface area (Å²) in [7, 11) is 0. The first kappa shape index (κ1) is 23.9. The van der Waals surface area contributed by atoms with Crippen LogP contribution in [0.25, 0.3) is 5.57 Å². The van der Waals surface area contributed by atoms with Crippen LogP contribution in [-0.2, 0) is 21.3 Å². The highest BCUT2D eigenvalue weighted by atomic mass is 16.5. The van der Waals surface area contributed by atoms with Gasteiger partial charge in [0.2, 0.25) is 5.78 Å². The van der Waals surface area contributed by atoms with Gasteiger partial charge in [-0.15, -0.1) is 0 Å². The second-order valence-corrected chi connectivity index (χ2v) is 9.99. The van der Waals surface area contributed by atoms with Crippen molar-refractivity contribution in [3.63, 3.8) is 0 Å². The van der Waals surface area contributed by atoms with Gasteiger partial charge in [0.15, 0.2) is 5.82 Å². The van der Waals surface area contributed by atoms with E-state index in [1.807, 2.05) is 6.07 Å². The van der Waals surface area contributed by atoms with Crippen LogP contribution in [0.3, 0.4) is 0 Å². The van der Waals surface area contributed by atoms with Gasteiger partial charge < -0.3 is 14.5 Å². The monoisotopic (exact) mass is 474 g/mol. The molecule has 0 bridgehead atoms. The molecule has 7 heteroatoms. The lowest BCUT2D eigenvalue weighted by Gasteiger charge is -2.43. The fourth-order valence-corrected chi connectivity index (χ4v) is 5.71. The molecule has 2 fully saturated rings. The maximum Gasteiger partial charge on any atom is 0.202 e. The number of benzene rings is 1. The summed E-state index contributed by atoms with van der Waals surface area (Å²) in [5.74, 6) is 0.161. The zero-order valence-corrected chi connectivity index (χ0v) is 20.4. The molecular formula is C28H34N4O3.